The lowest BCUT2D eigenvalue weighted by Crippen LogP contribution is -2.30. The van der Waals surface area contributed by atoms with Crippen LogP contribution in [-0.4, -0.2) is 21.8 Å². The number of hydrogen-bond donors (Lipinski definition) is 1. The summed E-state index contributed by atoms with van der Waals surface area (Å²) in [6, 6.07) is 19.2. The van der Waals surface area contributed by atoms with Crippen LogP contribution in [0.5, 0.6) is 0 Å². The number of amides is 1. The van der Waals surface area contributed by atoms with Crippen molar-refractivity contribution in [3.05, 3.63) is 105 Å². The van der Waals surface area contributed by atoms with Crippen molar-refractivity contribution in [1.82, 2.24) is 4.98 Å². The molecule has 1 aliphatic rings. The summed E-state index contributed by atoms with van der Waals surface area (Å²) in [5, 5.41) is 11.6. The molecule has 8 heteroatoms. The summed E-state index contributed by atoms with van der Waals surface area (Å²) >= 11 is 4.64. The molecule has 34 heavy (non-hydrogen) atoms. The van der Waals surface area contributed by atoms with Crippen LogP contribution in [0.25, 0.3) is 10.6 Å². The molecule has 1 aliphatic heterocycles. The van der Waals surface area contributed by atoms with Crippen molar-refractivity contribution in [2.75, 3.05) is 4.90 Å². The van der Waals surface area contributed by atoms with E-state index in [2.05, 4.69) is 20.9 Å². The Kier molecular flexibility index (Phi) is 5.71. The fourth-order valence-electron chi connectivity index (χ4n) is 4.01. The van der Waals surface area contributed by atoms with Gasteiger partial charge in [-0.2, -0.15) is 0 Å². The molecule has 1 amide bonds. The number of aliphatic hydroxyl groups excluding tert-OH is 1. The lowest BCUT2D eigenvalue weighted by atomic mass is 9.99. The Morgan fingerprint density at radius 3 is 2.41 bits per heavy atom. The first-order valence-corrected chi connectivity index (χ1v) is 12.1. The van der Waals surface area contributed by atoms with Gasteiger partial charge in [-0.05, 0) is 50.2 Å². The van der Waals surface area contributed by atoms with Crippen molar-refractivity contribution in [1.29, 1.82) is 0 Å². The number of carbonyl (C=O) groups is 2. The van der Waals surface area contributed by atoms with Crippen LogP contribution in [0.2, 0.25) is 0 Å². The molecule has 0 bridgehead atoms. The van der Waals surface area contributed by atoms with E-state index in [1.54, 1.807) is 50.2 Å². The normalized spacial score (nSPS) is 15.9. The molecule has 170 valence electrons. The van der Waals surface area contributed by atoms with Crippen LogP contribution in [0.4, 0.5) is 5.69 Å². The van der Waals surface area contributed by atoms with Gasteiger partial charge in [-0.3, -0.25) is 14.5 Å². The average Bonchev–Trinajstić information content (AvgIpc) is 3.51. The van der Waals surface area contributed by atoms with E-state index in [1.165, 1.54) is 16.2 Å². The Morgan fingerprint density at radius 2 is 1.76 bits per heavy atom. The van der Waals surface area contributed by atoms with E-state index in [4.69, 9.17) is 4.42 Å². The summed E-state index contributed by atoms with van der Waals surface area (Å²) in [6.45, 7) is 3.54. The predicted octanol–water partition coefficient (Wildman–Crippen LogP) is 6.57. The number of benzene rings is 2. The predicted molar refractivity (Wildman–Crippen MR) is 134 cm³/mol. The van der Waals surface area contributed by atoms with Crippen molar-refractivity contribution in [3.8, 4) is 10.6 Å². The second-order valence-corrected chi connectivity index (χ2v) is 9.81. The maximum atomic E-state index is 13.8. The minimum Gasteiger partial charge on any atom is -0.503 e. The van der Waals surface area contributed by atoms with Gasteiger partial charge in [0.25, 0.3) is 5.91 Å². The van der Waals surface area contributed by atoms with Gasteiger partial charge >= 0.3 is 0 Å². The summed E-state index contributed by atoms with van der Waals surface area (Å²) in [6.07, 6.45) is 0. The van der Waals surface area contributed by atoms with Crippen LogP contribution in [0.3, 0.4) is 0 Å². The minimum atomic E-state index is -0.906. The maximum Gasteiger partial charge on any atom is 0.294 e. The first-order valence-electron chi connectivity index (χ1n) is 10.5. The lowest BCUT2D eigenvalue weighted by Gasteiger charge is -2.25. The third-order valence-corrected chi connectivity index (χ3v) is 7.35. The van der Waals surface area contributed by atoms with Crippen molar-refractivity contribution in [3.63, 3.8) is 0 Å². The number of hydrogen-bond acceptors (Lipinski definition) is 6. The summed E-state index contributed by atoms with van der Waals surface area (Å²) in [5.41, 5.74) is 1.95. The Hall–Kier alpha value is -3.49. The van der Waals surface area contributed by atoms with Gasteiger partial charge in [0.05, 0.1) is 16.1 Å². The summed E-state index contributed by atoms with van der Waals surface area (Å²) in [5.74, 6) is -0.652. The van der Waals surface area contributed by atoms with Gasteiger partial charge in [-0.25, -0.2) is 4.98 Å². The molecule has 0 saturated heterocycles. The van der Waals surface area contributed by atoms with Gasteiger partial charge in [0, 0.05) is 15.7 Å². The summed E-state index contributed by atoms with van der Waals surface area (Å²) < 4.78 is 6.69. The van der Waals surface area contributed by atoms with E-state index in [0.29, 0.717) is 32.8 Å². The van der Waals surface area contributed by atoms with E-state index < -0.39 is 23.5 Å². The smallest absolute Gasteiger partial charge is 0.294 e. The van der Waals surface area contributed by atoms with Crippen LogP contribution in [0.1, 0.15) is 32.9 Å². The topological polar surface area (TPSA) is 83.6 Å². The fourth-order valence-corrected chi connectivity index (χ4v) is 5.30. The fraction of sp³-hybridized carbons (Fsp3) is 0.115. The molecule has 1 N–H and O–H groups in total. The highest BCUT2D eigenvalue weighted by molar-refractivity contribution is 9.10. The molecule has 3 heterocycles. The minimum absolute atomic E-state index is 0.0198. The number of Topliss-reactive ketones (excluding diaryl/α,β-unsaturated/α-hetero) is 1. The first-order chi connectivity index (χ1) is 16.3. The number of furan rings is 1. The average molecular weight is 535 g/mol. The SMILES string of the molecule is Cc1ccc(C2C(C(=O)c3sc(-c4ccccc4)nc3C)=C(O)C(=O)N2c2ccc(Br)cc2)o1. The van der Waals surface area contributed by atoms with E-state index in [9.17, 15) is 14.7 Å². The molecule has 0 radical (unpaired) electrons. The second-order valence-electron chi connectivity index (χ2n) is 7.89. The van der Waals surface area contributed by atoms with Gasteiger partial charge in [0.15, 0.2) is 5.76 Å². The lowest BCUT2D eigenvalue weighted by molar-refractivity contribution is -0.117. The molecule has 1 unspecified atom stereocenters. The van der Waals surface area contributed by atoms with Crippen LogP contribution in [-0.2, 0) is 4.79 Å². The van der Waals surface area contributed by atoms with E-state index in [-0.39, 0.29) is 5.57 Å². The zero-order chi connectivity index (χ0) is 24.0. The molecule has 2 aromatic heterocycles. The number of aromatic nitrogens is 1. The Labute approximate surface area is 208 Å². The number of rotatable bonds is 5. The van der Waals surface area contributed by atoms with Crippen LogP contribution in [0, 0.1) is 13.8 Å². The van der Waals surface area contributed by atoms with Gasteiger partial charge < -0.3 is 9.52 Å². The molecule has 2 aromatic carbocycles. The number of nitrogens with zero attached hydrogens (tertiary/aromatic N) is 2. The third-order valence-electron chi connectivity index (χ3n) is 5.61. The first kappa shape index (κ1) is 22.3. The van der Waals surface area contributed by atoms with Crippen molar-refractivity contribution >= 4 is 44.6 Å². The number of aryl methyl sites for hydroxylation is 2. The van der Waals surface area contributed by atoms with E-state index >= 15 is 0 Å². The molecule has 4 aromatic rings. The summed E-state index contributed by atoms with van der Waals surface area (Å²) in [4.78, 5) is 33.4. The van der Waals surface area contributed by atoms with Gasteiger partial charge in [0.2, 0.25) is 5.78 Å². The Bertz CT molecular complexity index is 1440. The maximum absolute atomic E-state index is 13.8. The number of anilines is 1. The van der Waals surface area contributed by atoms with Crippen molar-refractivity contribution in [2.24, 2.45) is 0 Å². The van der Waals surface area contributed by atoms with Crippen molar-refractivity contribution in [2.45, 2.75) is 19.9 Å². The van der Waals surface area contributed by atoms with Crippen LogP contribution < -0.4 is 4.90 Å². The number of carbonyl (C=O) groups excluding carboxylic acids is 2. The molecule has 0 aliphatic carbocycles. The monoisotopic (exact) mass is 534 g/mol. The molecule has 6 nitrogen and oxygen atoms in total. The van der Waals surface area contributed by atoms with Crippen LogP contribution >= 0.6 is 27.3 Å². The quantitative estimate of drug-likeness (QED) is 0.293. The van der Waals surface area contributed by atoms with Crippen molar-refractivity contribution < 1.29 is 19.1 Å². The Morgan fingerprint density at radius 1 is 1.06 bits per heavy atom. The summed E-state index contributed by atoms with van der Waals surface area (Å²) in [7, 11) is 0. The highest BCUT2D eigenvalue weighted by Gasteiger charge is 2.46. The number of thiazole rings is 1. The number of ketones is 1. The van der Waals surface area contributed by atoms with Gasteiger partial charge in [0.1, 0.15) is 22.6 Å². The molecule has 0 saturated carbocycles. The van der Waals surface area contributed by atoms with E-state index in [0.717, 1.165) is 10.0 Å². The third kappa shape index (κ3) is 3.78. The molecule has 1 atom stereocenters. The molecule has 5 rings (SSSR count). The largest absolute Gasteiger partial charge is 0.503 e. The second kappa shape index (κ2) is 8.70. The van der Waals surface area contributed by atoms with Crippen LogP contribution in [0.15, 0.2) is 87.0 Å². The number of aliphatic hydroxyl groups is 1. The van der Waals surface area contributed by atoms with Gasteiger partial charge in [-0.1, -0.05) is 46.3 Å². The highest BCUT2D eigenvalue weighted by atomic mass is 79.9. The zero-order valence-corrected chi connectivity index (χ0v) is 20.7. The zero-order valence-electron chi connectivity index (χ0n) is 18.3. The highest BCUT2D eigenvalue weighted by Crippen LogP contribution is 2.43. The van der Waals surface area contributed by atoms with Gasteiger partial charge in [-0.15, -0.1) is 11.3 Å². The van der Waals surface area contributed by atoms with E-state index in [1.807, 2.05) is 30.3 Å². The molecular formula is C26H19BrN2O4S. The molecule has 0 spiro atoms. The molecular weight excluding hydrogens is 516 g/mol. The molecule has 0 fully saturated rings. The standard InChI is InChI=1S/C26H19BrN2O4S/c1-14-8-13-19(33-14)21-20(23(31)26(32)29(21)18-11-9-17(27)10-12-18)22(30)24-15(2)28-25(34-24)16-6-4-3-5-7-16/h3-13,21,31H,1-2H3. The Balaban J connectivity index is 1.62. The number of halogens is 1.